The number of nitrogens with zero attached hydrogens (tertiary/aromatic N) is 3. The van der Waals surface area contributed by atoms with Crippen molar-refractivity contribution in [3.05, 3.63) is 98.5 Å². The molecule has 0 radical (unpaired) electrons. The Hall–Kier alpha value is -3.46. The van der Waals surface area contributed by atoms with Gasteiger partial charge in [0.2, 0.25) is 5.91 Å². The minimum Gasteiger partial charge on any atom is -0.273 e. The first-order chi connectivity index (χ1) is 15.9. The summed E-state index contributed by atoms with van der Waals surface area (Å²) in [4.78, 5) is 44.7. The zero-order valence-electron chi connectivity index (χ0n) is 16.8. The zero-order valence-corrected chi connectivity index (χ0v) is 18.3. The van der Waals surface area contributed by atoms with E-state index in [9.17, 15) is 19.7 Å². The van der Waals surface area contributed by atoms with E-state index in [1.54, 1.807) is 54.6 Å². The molecule has 3 aromatic carbocycles. The third kappa shape index (κ3) is 3.52. The van der Waals surface area contributed by atoms with Gasteiger partial charge in [0.1, 0.15) is 5.92 Å². The van der Waals surface area contributed by atoms with Crippen molar-refractivity contribution >= 4 is 52.1 Å². The minimum absolute atomic E-state index is 0.147. The van der Waals surface area contributed by atoms with Gasteiger partial charge in [0.05, 0.1) is 22.3 Å². The third-order valence-electron chi connectivity index (χ3n) is 5.72. The molecule has 0 spiro atoms. The van der Waals surface area contributed by atoms with E-state index in [2.05, 4.69) is 0 Å². The maximum atomic E-state index is 13.5. The number of anilines is 2. The van der Waals surface area contributed by atoms with Crippen LogP contribution in [0.2, 0.25) is 10.0 Å². The van der Waals surface area contributed by atoms with Crippen molar-refractivity contribution in [1.29, 1.82) is 0 Å². The van der Waals surface area contributed by atoms with E-state index in [-0.39, 0.29) is 5.69 Å². The van der Waals surface area contributed by atoms with E-state index >= 15 is 0 Å². The molecule has 0 unspecified atom stereocenters. The van der Waals surface area contributed by atoms with Gasteiger partial charge in [-0.3, -0.25) is 24.5 Å². The Morgan fingerprint density at radius 1 is 0.879 bits per heavy atom. The molecule has 33 heavy (non-hydrogen) atoms. The molecule has 166 valence electrons. The Kier molecular flexibility index (Phi) is 5.28. The fourth-order valence-corrected chi connectivity index (χ4v) is 4.63. The number of imide groups is 1. The lowest BCUT2D eigenvalue weighted by atomic mass is 9.90. The van der Waals surface area contributed by atoms with E-state index in [0.717, 1.165) is 4.90 Å². The van der Waals surface area contributed by atoms with Crippen molar-refractivity contribution in [3.63, 3.8) is 0 Å². The summed E-state index contributed by atoms with van der Waals surface area (Å²) in [5, 5.41) is 13.5. The number of hydrogen-bond donors (Lipinski definition) is 0. The second-order valence-electron chi connectivity index (χ2n) is 7.61. The first-order valence-electron chi connectivity index (χ1n) is 9.95. The molecule has 0 aliphatic carbocycles. The quantitative estimate of drug-likeness (QED) is 0.296. The standard InChI is InChI=1S/C23H15Cl2N3O5/c24-13-8-10-14(11-9-13)26-22(29)19-20(17-6-1-2-7-18(17)25)27(33-21(19)23(26)30)15-4-3-5-16(12-15)28(31)32/h1-12,19-21H/t19-,20-,21+/m0/s1. The Labute approximate surface area is 198 Å². The van der Waals surface area contributed by atoms with Crippen molar-refractivity contribution < 1.29 is 19.3 Å². The summed E-state index contributed by atoms with van der Waals surface area (Å²) in [7, 11) is 0. The summed E-state index contributed by atoms with van der Waals surface area (Å²) in [5.74, 6) is -1.89. The first-order valence-corrected chi connectivity index (χ1v) is 10.7. The van der Waals surface area contributed by atoms with Gasteiger partial charge in [0.25, 0.3) is 11.6 Å². The van der Waals surface area contributed by atoms with Crippen LogP contribution in [0.3, 0.4) is 0 Å². The molecule has 5 rings (SSSR count). The van der Waals surface area contributed by atoms with Gasteiger partial charge >= 0.3 is 0 Å². The number of nitro groups is 1. The average molecular weight is 484 g/mol. The molecule has 2 fully saturated rings. The van der Waals surface area contributed by atoms with Gasteiger partial charge in [-0.25, -0.2) is 9.96 Å². The smallest absolute Gasteiger partial charge is 0.271 e. The van der Waals surface area contributed by atoms with E-state index in [1.165, 1.54) is 23.3 Å². The number of fused-ring (bicyclic) bond motifs is 1. The van der Waals surface area contributed by atoms with Gasteiger partial charge < -0.3 is 0 Å². The van der Waals surface area contributed by atoms with Gasteiger partial charge in [0, 0.05) is 22.2 Å². The van der Waals surface area contributed by atoms with Crippen LogP contribution < -0.4 is 9.96 Å². The number of halogens is 2. The number of amides is 2. The monoisotopic (exact) mass is 483 g/mol. The van der Waals surface area contributed by atoms with Crippen molar-refractivity contribution in [3.8, 4) is 0 Å². The second-order valence-corrected chi connectivity index (χ2v) is 8.45. The van der Waals surface area contributed by atoms with Gasteiger partial charge in [-0.2, -0.15) is 0 Å². The van der Waals surface area contributed by atoms with Crippen molar-refractivity contribution in [1.82, 2.24) is 0 Å². The predicted octanol–water partition coefficient (Wildman–Crippen LogP) is 4.95. The Bertz CT molecular complexity index is 1280. The van der Waals surface area contributed by atoms with Gasteiger partial charge in [-0.15, -0.1) is 0 Å². The van der Waals surface area contributed by atoms with Crippen LogP contribution in [-0.2, 0) is 14.4 Å². The molecule has 3 atom stereocenters. The van der Waals surface area contributed by atoms with E-state index < -0.39 is 34.8 Å². The fraction of sp³-hybridized carbons (Fsp3) is 0.130. The predicted molar refractivity (Wildman–Crippen MR) is 122 cm³/mol. The molecule has 8 nitrogen and oxygen atoms in total. The fourth-order valence-electron chi connectivity index (χ4n) is 4.26. The molecule has 2 saturated heterocycles. The number of rotatable bonds is 4. The van der Waals surface area contributed by atoms with Crippen molar-refractivity contribution in [2.75, 3.05) is 9.96 Å². The number of hydroxylamine groups is 1. The molecule has 2 aliphatic heterocycles. The van der Waals surface area contributed by atoms with Crippen LogP contribution in [0.1, 0.15) is 11.6 Å². The molecule has 2 aliphatic rings. The number of hydrogen-bond acceptors (Lipinski definition) is 6. The number of non-ortho nitro benzene ring substituents is 1. The Balaban J connectivity index is 1.61. The lowest BCUT2D eigenvalue weighted by Gasteiger charge is -2.29. The van der Waals surface area contributed by atoms with E-state index in [1.807, 2.05) is 0 Å². The summed E-state index contributed by atoms with van der Waals surface area (Å²) >= 11 is 12.4. The molecule has 0 saturated carbocycles. The molecule has 0 N–H and O–H groups in total. The van der Waals surface area contributed by atoms with Crippen LogP contribution in [0, 0.1) is 16.0 Å². The number of carbonyl (C=O) groups is 2. The topological polar surface area (TPSA) is 93.0 Å². The molecule has 2 amide bonds. The molecule has 10 heteroatoms. The summed E-state index contributed by atoms with van der Waals surface area (Å²) < 4.78 is 0. The minimum atomic E-state index is -1.12. The van der Waals surface area contributed by atoms with Gasteiger partial charge in [0.15, 0.2) is 6.10 Å². The van der Waals surface area contributed by atoms with Gasteiger partial charge in [-0.05, 0) is 42.0 Å². The molecular formula is C23H15Cl2N3O5. The normalized spacial score (nSPS) is 22.1. The second kappa shape index (κ2) is 8.15. The SMILES string of the molecule is O=C1[C@@H]2[C@@H](ON(c3cccc([N+](=O)[O-])c3)[C@H]2c2ccccc2Cl)C(=O)N1c1ccc(Cl)cc1. The van der Waals surface area contributed by atoms with Crippen molar-refractivity contribution in [2.45, 2.75) is 12.1 Å². The average Bonchev–Trinajstić information content (AvgIpc) is 3.31. The molecule has 0 bridgehead atoms. The maximum Gasteiger partial charge on any atom is 0.271 e. The van der Waals surface area contributed by atoms with Crippen LogP contribution in [-0.4, -0.2) is 22.8 Å². The summed E-state index contributed by atoms with van der Waals surface area (Å²) in [6.45, 7) is 0. The molecule has 0 aromatic heterocycles. The third-order valence-corrected chi connectivity index (χ3v) is 6.32. The summed E-state index contributed by atoms with van der Waals surface area (Å²) in [6.07, 6.45) is -1.12. The highest BCUT2D eigenvalue weighted by Crippen LogP contribution is 2.49. The van der Waals surface area contributed by atoms with Gasteiger partial charge in [-0.1, -0.05) is 47.5 Å². The number of benzene rings is 3. The van der Waals surface area contributed by atoms with Crippen LogP contribution in [0.4, 0.5) is 17.1 Å². The lowest BCUT2D eigenvalue weighted by molar-refractivity contribution is -0.384. The highest BCUT2D eigenvalue weighted by atomic mass is 35.5. The number of carbonyl (C=O) groups excluding carboxylic acids is 2. The van der Waals surface area contributed by atoms with E-state index in [0.29, 0.717) is 27.0 Å². The van der Waals surface area contributed by atoms with E-state index in [4.69, 9.17) is 28.0 Å². The largest absolute Gasteiger partial charge is 0.273 e. The molecule has 3 aromatic rings. The Morgan fingerprint density at radius 2 is 1.61 bits per heavy atom. The summed E-state index contributed by atoms with van der Waals surface area (Å²) in [5.41, 5.74) is 1.14. The highest BCUT2D eigenvalue weighted by Gasteiger charge is 2.60. The lowest BCUT2D eigenvalue weighted by Crippen LogP contribution is -2.37. The maximum absolute atomic E-state index is 13.5. The zero-order chi connectivity index (χ0) is 23.3. The molecular weight excluding hydrogens is 469 g/mol. The Morgan fingerprint density at radius 3 is 2.30 bits per heavy atom. The van der Waals surface area contributed by atoms with Crippen LogP contribution >= 0.6 is 23.2 Å². The van der Waals surface area contributed by atoms with Crippen LogP contribution in [0.15, 0.2) is 72.8 Å². The molecule has 2 heterocycles. The first kappa shape index (κ1) is 21.4. The van der Waals surface area contributed by atoms with Crippen LogP contribution in [0.5, 0.6) is 0 Å². The number of nitro benzene ring substituents is 1. The van der Waals surface area contributed by atoms with Crippen LogP contribution in [0.25, 0.3) is 0 Å². The highest BCUT2D eigenvalue weighted by molar-refractivity contribution is 6.32. The summed E-state index contributed by atoms with van der Waals surface area (Å²) in [6, 6.07) is 18.3. The van der Waals surface area contributed by atoms with Crippen molar-refractivity contribution in [2.24, 2.45) is 5.92 Å².